The average molecular weight is 398 g/mol. The van der Waals surface area contributed by atoms with Crippen LogP contribution in [-0.4, -0.2) is 24.9 Å². The number of nitrogens with zero attached hydrogens (tertiary/aromatic N) is 2. The SMILES string of the molecule is Cc1ccc(Cl)c(Nc2ccccc2-c2nnc(S(C)(=O)=O)o2)c1Cl. The normalized spacial score (nSPS) is 11.5. The van der Waals surface area contributed by atoms with Gasteiger partial charge in [0.25, 0.3) is 5.89 Å². The van der Waals surface area contributed by atoms with E-state index in [-0.39, 0.29) is 5.89 Å². The van der Waals surface area contributed by atoms with Crippen LogP contribution in [0.5, 0.6) is 0 Å². The van der Waals surface area contributed by atoms with Crippen molar-refractivity contribution in [3.8, 4) is 11.5 Å². The number of aryl methyl sites for hydroxylation is 1. The number of sulfone groups is 1. The third-order valence-electron chi connectivity index (χ3n) is 3.42. The fourth-order valence-electron chi connectivity index (χ4n) is 2.15. The van der Waals surface area contributed by atoms with Gasteiger partial charge in [-0.15, -0.1) is 5.10 Å². The lowest BCUT2D eigenvalue weighted by atomic mass is 10.1. The lowest BCUT2D eigenvalue weighted by Crippen LogP contribution is -1.96. The molecule has 3 aromatic rings. The molecule has 0 aliphatic heterocycles. The molecule has 1 aromatic heterocycles. The summed E-state index contributed by atoms with van der Waals surface area (Å²) in [6, 6.07) is 10.6. The van der Waals surface area contributed by atoms with Crippen LogP contribution in [0, 0.1) is 6.92 Å². The predicted octanol–water partition coefficient (Wildman–Crippen LogP) is 4.50. The van der Waals surface area contributed by atoms with Crippen LogP contribution in [0.15, 0.2) is 46.0 Å². The maximum absolute atomic E-state index is 11.5. The van der Waals surface area contributed by atoms with Gasteiger partial charge in [-0.05, 0) is 30.7 Å². The molecule has 2 aromatic carbocycles. The largest absolute Gasteiger partial charge is 0.408 e. The van der Waals surface area contributed by atoms with E-state index in [9.17, 15) is 8.42 Å². The van der Waals surface area contributed by atoms with E-state index in [1.165, 1.54) is 0 Å². The van der Waals surface area contributed by atoms with Crippen LogP contribution in [-0.2, 0) is 9.84 Å². The highest BCUT2D eigenvalue weighted by Crippen LogP contribution is 2.37. The van der Waals surface area contributed by atoms with Gasteiger partial charge in [0.2, 0.25) is 9.84 Å². The van der Waals surface area contributed by atoms with Crippen molar-refractivity contribution in [1.29, 1.82) is 0 Å². The zero-order chi connectivity index (χ0) is 18.2. The number of hydrogen-bond acceptors (Lipinski definition) is 6. The Morgan fingerprint density at radius 1 is 1.08 bits per heavy atom. The first-order valence-electron chi connectivity index (χ1n) is 7.12. The third kappa shape index (κ3) is 3.63. The number of para-hydroxylation sites is 1. The Bertz CT molecular complexity index is 1050. The Morgan fingerprint density at radius 2 is 1.80 bits per heavy atom. The van der Waals surface area contributed by atoms with Crippen molar-refractivity contribution in [2.24, 2.45) is 0 Å². The van der Waals surface area contributed by atoms with Gasteiger partial charge in [0.1, 0.15) is 0 Å². The highest BCUT2D eigenvalue weighted by molar-refractivity contribution is 7.90. The minimum atomic E-state index is -3.58. The molecule has 0 spiro atoms. The summed E-state index contributed by atoms with van der Waals surface area (Å²) in [5.41, 5.74) is 2.53. The van der Waals surface area contributed by atoms with Crippen LogP contribution in [0.3, 0.4) is 0 Å². The Morgan fingerprint density at radius 3 is 2.48 bits per heavy atom. The van der Waals surface area contributed by atoms with E-state index in [1.54, 1.807) is 30.3 Å². The van der Waals surface area contributed by atoms with Gasteiger partial charge in [-0.1, -0.05) is 46.5 Å². The van der Waals surface area contributed by atoms with Crippen molar-refractivity contribution in [3.05, 3.63) is 52.0 Å². The summed E-state index contributed by atoms with van der Waals surface area (Å²) < 4.78 is 28.3. The molecule has 0 saturated carbocycles. The fraction of sp³-hybridized carbons (Fsp3) is 0.125. The molecule has 0 amide bonds. The maximum Gasteiger partial charge on any atom is 0.335 e. The molecular formula is C16H13Cl2N3O3S. The van der Waals surface area contributed by atoms with Crippen molar-refractivity contribution in [2.45, 2.75) is 12.1 Å². The van der Waals surface area contributed by atoms with Gasteiger partial charge in [0, 0.05) is 6.26 Å². The van der Waals surface area contributed by atoms with Crippen LogP contribution >= 0.6 is 23.2 Å². The first-order valence-corrected chi connectivity index (χ1v) is 9.76. The number of nitrogens with one attached hydrogen (secondary N) is 1. The summed E-state index contributed by atoms with van der Waals surface area (Å²) >= 11 is 12.6. The number of anilines is 2. The van der Waals surface area contributed by atoms with Gasteiger partial charge in [-0.25, -0.2) is 8.42 Å². The smallest absolute Gasteiger partial charge is 0.335 e. The lowest BCUT2D eigenvalue weighted by Gasteiger charge is -2.14. The van der Waals surface area contributed by atoms with Crippen LogP contribution in [0.1, 0.15) is 5.56 Å². The summed E-state index contributed by atoms with van der Waals surface area (Å²) in [7, 11) is -3.58. The minimum absolute atomic E-state index is 0.0726. The molecule has 0 aliphatic carbocycles. The second-order valence-electron chi connectivity index (χ2n) is 5.37. The number of halogens is 2. The van der Waals surface area contributed by atoms with Crippen molar-refractivity contribution < 1.29 is 12.8 Å². The quantitative estimate of drug-likeness (QED) is 0.697. The molecule has 3 rings (SSSR count). The topological polar surface area (TPSA) is 85.1 Å². The second-order valence-corrected chi connectivity index (χ2v) is 8.05. The van der Waals surface area contributed by atoms with Crippen molar-refractivity contribution in [2.75, 3.05) is 11.6 Å². The van der Waals surface area contributed by atoms with Crippen LogP contribution in [0.4, 0.5) is 11.4 Å². The van der Waals surface area contributed by atoms with E-state index in [1.807, 2.05) is 13.0 Å². The molecule has 0 atom stereocenters. The Balaban J connectivity index is 2.06. The number of hydrogen-bond donors (Lipinski definition) is 1. The summed E-state index contributed by atoms with van der Waals surface area (Å²) in [4.78, 5) is 0. The van der Waals surface area contributed by atoms with Crippen LogP contribution < -0.4 is 5.32 Å². The highest BCUT2D eigenvalue weighted by atomic mass is 35.5. The molecule has 0 unspecified atom stereocenters. The highest BCUT2D eigenvalue weighted by Gasteiger charge is 2.20. The molecule has 0 aliphatic rings. The van der Waals surface area contributed by atoms with E-state index in [0.29, 0.717) is 27.0 Å². The van der Waals surface area contributed by atoms with E-state index in [4.69, 9.17) is 27.6 Å². The molecule has 0 radical (unpaired) electrons. The molecule has 130 valence electrons. The Kier molecular flexibility index (Phi) is 4.73. The fourth-order valence-corrected chi connectivity index (χ4v) is 3.04. The van der Waals surface area contributed by atoms with Gasteiger partial charge >= 0.3 is 5.22 Å². The molecule has 9 heteroatoms. The molecule has 0 fully saturated rings. The Hall–Kier alpha value is -2.09. The molecule has 1 N–H and O–H groups in total. The standard InChI is InChI=1S/C16H13Cl2N3O3S/c1-9-7-8-11(17)14(13(9)18)19-12-6-4-3-5-10(12)15-20-21-16(24-15)25(2,22)23/h3-8,19H,1-2H3. The number of aromatic nitrogens is 2. The minimum Gasteiger partial charge on any atom is -0.408 e. The second kappa shape index (κ2) is 6.67. The molecular weight excluding hydrogens is 385 g/mol. The van der Waals surface area contributed by atoms with E-state index >= 15 is 0 Å². The monoisotopic (exact) mass is 397 g/mol. The third-order valence-corrected chi connectivity index (χ3v) is 5.03. The van der Waals surface area contributed by atoms with Gasteiger partial charge in [0.15, 0.2) is 0 Å². The maximum atomic E-state index is 11.5. The van der Waals surface area contributed by atoms with Gasteiger partial charge < -0.3 is 9.73 Å². The first-order chi connectivity index (χ1) is 11.8. The summed E-state index contributed by atoms with van der Waals surface area (Å²) in [6.45, 7) is 1.87. The Labute approximate surface area is 154 Å². The zero-order valence-electron chi connectivity index (χ0n) is 13.2. The number of rotatable bonds is 4. The van der Waals surface area contributed by atoms with Crippen LogP contribution in [0.2, 0.25) is 10.0 Å². The molecule has 1 heterocycles. The lowest BCUT2D eigenvalue weighted by molar-refractivity contribution is 0.442. The van der Waals surface area contributed by atoms with Crippen molar-refractivity contribution >= 4 is 44.4 Å². The molecule has 0 saturated heterocycles. The van der Waals surface area contributed by atoms with Gasteiger partial charge in [-0.2, -0.15) is 0 Å². The van der Waals surface area contributed by atoms with Gasteiger partial charge in [0.05, 0.1) is 27.0 Å². The number of benzene rings is 2. The van der Waals surface area contributed by atoms with Crippen molar-refractivity contribution in [1.82, 2.24) is 10.2 Å². The first kappa shape index (κ1) is 17.7. The van der Waals surface area contributed by atoms with Crippen molar-refractivity contribution in [3.63, 3.8) is 0 Å². The van der Waals surface area contributed by atoms with Crippen LogP contribution in [0.25, 0.3) is 11.5 Å². The van der Waals surface area contributed by atoms with E-state index < -0.39 is 15.1 Å². The van der Waals surface area contributed by atoms with Gasteiger partial charge in [-0.3, -0.25) is 0 Å². The summed E-state index contributed by atoms with van der Waals surface area (Å²) in [6.07, 6.45) is 1.00. The molecule has 0 bridgehead atoms. The zero-order valence-corrected chi connectivity index (χ0v) is 15.6. The molecule has 25 heavy (non-hydrogen) atoms. The molecule has 6 nitrogen and oxygen atoms in total. The van der Waals surface area contributed by atoms with E-state index in [0.717, 1.165) is 11.8 Å². The summed E-state index contributed by atoms with van der Waals surface area (Å²) in [5, 5.41) is 11.0. The average Bonchev–Trinajstić information content (AvgIpc) is 3.06. The van der Waals surface area contributed by atoms with E-state index in [2.05, 4.69) is 15.5 Å². The summed E-state index contributed by atoms with van der Waals surface area (Å²) in [5.74, 6) is 0.0726. The predicted molar refractivity (Wildman–Crippen MR) is 97.3 cm³/mol.